The van der Waals surface area contributed by atoms with Gasteiger partial charge in [0.05, 0.1) is 6.33 Å². The number of nitrogens with one attached hydrogen (secondary N) is 1. The molecule has 0 saturated carbocycles. The Labute approximate surface area is 108 Å². The topological polar surface area (TPSA) is 64.0 Å². The molecule has 18 heavy (non-hydrogen) atoms. The van der Waals surface area contributed by atoms with Crippen molar-refractivity contribution in [2.24, 2.45) is 0 Å². The van der Waals surface area contributed by atoms with Gasteiger partial charge in [-0.15, -0.1) is 0 Å². The van der Waals surface area contributed by atoms with Gasteiger partial charge in [-0.2, -0.15) is 0 Å². The number of nitrogens with zero attached hydrogens (tertiary/aromatic N) is 2. The van der Waals surface area contributed by atoms with Crippen molar-refractivity contribution in [3.8, 4) is 0 Å². The molecule has 0 bridgehead atoms. The number of benzene rings is 1. The van der Waals surface area contributed by atoms with Crippen molar-refractivity contribution in [3.05, 3.63) is 58.2 Å². The summed E-state index contributed by atoms with van der Waals surface area (Å²) in [6.07, 6.45) is 2.71. The molecule has 1 aromatic carbocycles. The van der Waals surface area contributed by atoms with Crippen LogP contribution in [0.3, 0.4) is 0 Å². The standard InChI is InChI=1S/C12H10ClN3O2/c13-9-1-3-10(4-2-9)15-11(17)7-16-8-14-6-5-12(16)18/h1-6,8H,7H2,(H,15,17). The fraction of sp³-hybridized carbons (Fsp3) is 0.0833. The van der Waals surface area contributed by atoms with E-state index in [0.717, 1.165) is 0 Å². The van der Waals surface area contributed by atoms with Crippen LogP contribution in [-0.2, 0) is 11.3 Å². The first kappa shape index (κ1) is 12.3. The van der Waals surface area contributed by atoms with Crippen molar-refractivity contribution in [2.75, 3.05) is 5.32 Å². The third-order valence-corrected chi connectivity index (χ3v) is 2.49. The van der Waals surface area contributed by atoms with Gasteiger partial charge in [0.15, 0.2) is 0 Å². The second kappa shape index (κ2) is 5.46. The van der Waals surface area contributed by atoms with E-state index in [1.54, 1.807) is 24.3 Å². The lowest BCUT2D eigenvalue weighted by molar-refractivity contribution is -0.116. The molecule has 0 aliphatic carbocycles. The first-order valence-corrected chi connectivity index (χ1v) is 5.59. The second-order valence-electron chi connectivity index (χ2n) is 3.60. The van der Waals surface area contributed by atoms with Crippen LogP contribution >= 0.6 is 11.6 Å². The first-order valence-electron chi connectivity index (χ1n) is 5.21. The molecule has 0 unspecified atom stereocenters. The molecule has 0 spiro atoms. The monoisotopic (exact) mass is 263 g/mol. The van der Waals surface area contributed by atoms with Gasteiger partial charge in [0.2, 0.25) is 5.91 Å². The Hall–Kier alpha value is -2.14. The maximum atomic E-state index is 11.7. The van der Waals surface area contributed by atoms with Crippen LogP contribution in [0.4, 0.5) is 5.69 Å². The summed E-state index contributed by atoms with van der Waals surface area (Å²) in [5.74, 6) is -0.299. The van der Waals surface area contributed by atoms with E-state index in [0.29, 0.717) is 10.7 Å². The van der Waals surface area contributed by atoms with E-state index in [1.165, 1.54) is 23.2 Å². The quantitative estimate of drug-likeness (QED) is 0.913. The zero-order valence-electron chi connectivity index (χ0n) is 9.34. The fourth-order valence-corrected chi connectivity index (χ4v) is 1.51. The van der Waals surface area contributed by atoms with Gasteiger partial charge in [-0.05, 0) is 24.3 Å². The largest absolute Gasteiger partial charge is 0.325 e. The number of hydrogen-bond donors (Lipinski definition) is 1. The number of carbonyl (C=O) groups is 1. The van der Waals surface area contributed by atoms with Gasteiger partial charge in [0, 0.05) is 23.0 Å². The molecule has 6 heteroatoms. The second-order valence-corrected chi connectivity index (χ2v) is 4.04. The van der Waals surface area contributed by atoms with Gasteiger partial charge in [0.1, 0.15) is 6.54 Å². The lowest BCUT2D eigenvalue weighted by Gasteiger charge is -2.06. The zero-order valence-corrected chi connectivity index (χ0v) is 10.1. The average molecular weight is 264 g/mol. The Kier molecular flexibility index (Phi) is 3.74. The Bertz CT molecular complexity index is 607. The molecule has 0 aliphatic heterocycles. The van der Waals surface area contributed by atoms with Crippen molar-refractivity contribution in [3.63, 3.8) is 0 Å². The summed E-state index contributed by atoms with van der Waals surface area (Å²) in [5, 5.41) is 3.25. The molecule has 1 amide bonds. The van der Waals surface area contributed by atoms with Crippen LogP contribution in [0.25, 0.3) is 0 Å². The number of halogens is 1. The van der Waals surface area contributed by atoms with E-state index in [-0.39, 0.29) is 18.0 Å². The Morgan fingerprint density at radius 1 is 1.28 bits per heavy atom. The van der Waals surface area contributed by atoms with E-state index in [9.17, 15) is 9.59 Å². The molecule has 0 aliphatic rings. The predicted octanol–water partition coefficient (Wildman–Crippen LogP) is 1.54. The smallest absolute Gasteiger partial charge is 0.253 e. The Balaban J connectivity index is 2.03. The maximum absolute atomic E-state index is 11.7. The minimum absolute atomic E-state index is 0.0741. The van der Waals surface area contributed by atoms with Crippen LogP contribution in [0.1, 0.15) is 0 Å². The lowest BCUT2D eigenvalue weighted by atomic mass is 10.3. The van der Waals surface area contributed by atoms with E-state index < -0.39 is 0 Å². The van der Waals surface area contributed by atoms with Crippen molar-refractivity contribution >= 4 is 23.2 Å². The molecule has 1 aromatic heterocycles. The van der Waals surface area contributed by atoms with Crippen molar-refractivity contribution in [1.29, 1.82) is 0 Å². The number of hydrogen-bond acceptors (Lipinski definition) is 3. The van der Waals surface area contributed by atoms with Gasteiger partial charge >= 0.3 is 0 Å². The average Bonchev–Trinajstić information content (AvgIpc) is 2.35. The molecule has 0 saturated heterocycles. The van der Waals surface area contributed by atoms with Gasteiger partial charge in [-0.3, -0.25) is 14.2 Å². The summed E-state index contributed by atoms with van der Waals surface area (Å²) >= 11 is 5.73. The van der Waals surface area contributed by atoms with Crippen molar-refractivity contribution < 1.29 is 4.79 Å². The molecule has 0 fully saturated rings. The molecular formula is C12H10ClN3O2. The highest BCUT2D eigenvalue weighted by Gasteiger charge is 2.04. The summed E-state index contributed by atoms with van der Waals surface area (Å²) in [4.78, 5) is 26.8. The minimum atomic E-state index is -0.299. The Morgan fingerprint density at radius 3 is 2.67 bits per heavy atom. The predicted molar refractivity (Wildman–Crippen MR) is 68.6 cm³/mol. The van der Waals surface area contributed by atoms with Crippen LogP contribution in [0.5, 0.6) is 0 Å². The summed E-state index contributed by atoms with van der Waals surface area (Å²) < 4.78 is 1.23. The molecule has 0 radical (unpaired) electrons. The highest BCUT2D eigenvalue weighted by molar-refractivity contribution is 6.30. The van der Waals surface area contributed by atoms with Crippen LogP contribution in [0, 0.1) is 0 Å². The fourth-order valence-electron chi connectivity index (χ4n) is 1.39. The summed E-state index contributed by atoms with van der Waals surface area (Å²) in [6.45, 7) is -0.0741. The van der Waals surface area contributed by atoms with Gasteiger partial charge in [0.25, 0.3) is 5.56 Å². The summed E-state index contributed by atoms with van der Waals surface area (Å²) in [7, 11) is 0. The molecule has 2 rings (SSSR count). The third kappa shape index (κ3) is 3.18. The highest BCUT2D eigenvalue weighted by Crippen LogP contribution is 2.13. The van der Waals surface area contributed by atoms with Gasteiger partial charge < -0.3 is 5.32 Å². The Morgan fingerprint density at radius 2 is 2.00 bits per heavy atom. The molecule has 1 heterocycles. The van der Waals surface area contributed by atoms with Crippen LogP contribution in [0.15, 0.2) is 47.7 Å². The number of carbonyl (C=O) groups excluding carboxylic acids is 1. The number of aromatic nitrogens is 2. The first-order chi connectivity index (χ1) is 8.65. The summed E-state index contributed by atoms with van der Waals surface area (Å²) in [6, 6.07) is 8.02. The number of anilines is 1. The van der Waals surface area contributed by atoms with Crippen LogP contribution < -0.4 is 10.9 Å². The van der Waals surface area contributed by atoms with Crippen LogP contribution in [0.2, 0.25) is 5.02 Å². The number of amides is 1. The third-order valence-electron chi connectivity index (χ3n) is 2.23. The van der Waals surface area contributed by atoms with Crippen LogP contribution in [-0.4, -0.2) is 15.5 Å². The van der Waals surface area contributed by atoms with Crippen molar-refractivity contribution in [2.45, 2.75) is 6.54 Å². The summed E-state index contributed by atoms with van der Waals surface area (Å²) in [5.41, 5.74) is 0.359. The van der Waals surface area contributed by atoms with Gasteiger partial charge in [-0.25, -0.2) is 4.98 Å². The SMILES string of the molecule is O=C(Cn1cnccc1=O)Nc1ccc(Cl)cc1. The van der Waals surface area contributed by atoms with E-state index in [1.807, 2.05) is 0 Å². The van der Waals surface area contributed by atoms with Gasteiger partial charge in [-0.1, -0.05) is 11.6 Å². The lowest BCUT2D eigenvalue weighted by Crippen LogP contribution is -2.26. The molecule has 5 nitrogen and oxygen atoms in total. The molecular weight excluding hydrogens is 254 g/mol. The maximum Gasteiger partial charge on any atom is 0.253 e. The van der Waals surface area contributed by atoms with Crippen molar-refractivity contribution in [1.82, 2.24) is 9.55 Å². The molecule has 1 N–H and O–H groups in total. The highest BCUT2D eigenvalue weighted by atomic mass is 35.5. The molecule has 0 atom stereocenters. The zero-order chi connectivity index (χ0) is 13.0. The minimum Gasteiger partial charge on any atom is -0.325 e. The number of rotatable bonds is 3. The normalized spacial score (nSPS) is 10.1. The van der Waals surface area contributed by atoms with E-state index in [2.05, 4.69) is 10.3 Å². The molecule has 2 aromatic rings. The van der Waals surface area contributed by atoms with E-state index >= 15 is 0 Å². The van der Waals surface area contributed by atoms with E-state index in [4.69, 9.17) is 11.6 Å². The molecule has 92 valence electrons.